The second-order valence-corrected chi connectivity index (χ2v) is 9.52. The lowest BCUT2D eigenvalue weighted by atomic mass is 10.1. The maximum atomic E-state index is 13.4. The highest BCUT2D eigenvalue weighted by Gasteiger charge is 2.29. The molecule has 33 heavy (non-hydrogen) atoms. The summed E-state index contributed by atoms with van der Waals surface area (Å²) >= 11 is 6.12. The summed E-state index contributed by atoms with van der Waals surface area (Å²) in [7, 11) is -2.67. The van der Waals surface area contributed by atoms with Crippen molar-refractivity contribution < 1.29 is 22.3 Å². The van der Waals surface area contributed by atoms with E-state index in [1.54, 1.807) is 42.5 Å². The molecule has 0 aliphatic carbocycles. The van der Waals surface area contributed by atoms with Gasteiger partial charge in [-0.2, -0.15) is 0 Å². The number of carbonyl (C=O) groups excluding carboxylic acids is 1. The quantitative estimate of drug-likeness (QED) is 0.426. The van der Waals surface area contributed by atoms with Gasteiger partial charge in [0, 0.05) is 11.6 Å². The lowest BCUT2D eigenvalue weighted by Crippen LogP contribution is -2.41. The number of nitrogens with zero attached hydrogens (tertiary/aromatic N) is 1. The van der Waals surface area contributed by atoms with Gasteiger partial charge in [-0.15, -0.1) is 0 Å². The molecule has 3 aromatic rings. The van der Waals surface area contributed by atoms with E-state index in [2.05, 4.69) is 5.32 Å². The number of halogens is 2. The van der Waals surface area contributed by atoms with Crippen LogP contribution in [0.3, 0.4) is 0 Å². The van der Waals surface area contributed by atoms with Crippen LogP contribution in [-0.4, -0.2) is 34.5 Å². The van der Waals surface area contributed by atoms with Crippen LogP contribution in [0.15, 0.2) is 77.7 Å². The van der Waals surface area contributed by atoms with E-state index >= 15 is 0 Å². The fraction of sp³-hybridized carbons (Fsp3) is 0.208. The van der Waals surface area contributed by atoms with E-state index in [-0.39, 0.29) is 22.1 Å². The number of methoxy groups -OCH3 is 1. The summed E-state index contributed by atoms with van der Waals surface area (Å²) in [6, 6.07) is 18.6. The van der Waals surface area contributed by atoms with Crippen molar-refractivity contribution in [1.82, 2.24) is 5.32 Å². The van der Waals surface area contributed by atoms with E-state index in [1.807, 2.05) is 0 Å². The molecule has 1 amide bonds. The number of amides is 1. The highest BCUT2D eigenvalue weighted by Crippen LogP contribution is 2.34. The zero-order valence-electron chi connectivity index (χ0n) is 18.0. The number of sulfonamides is 1. The molecular formula is C24H24ClFN2O4S. The number of benzene rings is 3. The molecule has 1 N–H and O–H groups in total. The molecule has 9 heteroatoms. The molecule has 3 aromatic carbocycles. The standard InChI is InChI=1S/C24H24ClFN2O4S/c1-32-23-14-11-19(25)16-22(23)28(33(30,31)21-7-3-2-4-8-21)17-24(29)27-15-5-6-18-9-12-20(26)13-10-18/h2-4,7-14,16H,5-6,15,17H2,1H3,(H,27,29). The number of nitrogens with one attached hydrogen (secondary N) is 1. The van der Waals surface area contributed by atoms with Gasteiger partial charge >= 0.3 is 0 Å². The highest BCUT2D eigenvalue weighted by molar-refractivity contribution is 7.92. The molecule has 0 bridgehead atoms. The first-order valence-electron chi connectivity index (χ1n) is 10.2. The molecule has 0 saturated carbocycles. The molecule has 0 radical (unpaired) electrons. The van der Waals surface area contributed by atoms with Crippen molar-refractivity contribution in [3.8, 4) is 5.75 Å². The predicted octanol–water partition coefficient (Wildman–Crippen LogP) is 4.43. The fourth-order valence-corrected chi connectivity index (χ4v) is 4.85. The second-order valence-electron chi connectivity index (χ2n) is 7.22. The minimum Gasteiger partial charge on any atom is -0.495 e. The number of ether oxygens (including phenoxy) is 1. The summed E-state index contributed by atoms with van der Waals surface area (Å²) < 4.78 is 46.1. The van der Waals surface area contributed by atoms with Gasteiger partial charge in [-0.05, 0) is 60.9 Å². The van der Waals surface area contributed by atoms with Gasteiger partial charge in [0.25, 0.3) is 10.0 Å². The molecular weight excluding hydrogens is 467 g/mol. The van der Waals surface area contributed by atoms with Gasteiger partial charge in [-0.3, -0.25) is 9.10 Å². The van der Waals surface area contributed by atoms with Crippen molar-refractivity contribution in [1.29, 1.82) is 0 Å². The highest BCUT2D eigenvalue weighted by atomic mass is 35.5. The van der Waals surface area contributed by atoms with Gasteiger partial charge in [0.1, 0.15) is 18.1 Å². The van der Waals surface area contributed by atoms with Gasteiger partial charge in [0.2, 0.25) is 5.91 Å². The van der Waals surface area contributed by atoms with Crippen LogP contribution >= 0.6 is 11.6 Å². The van der Waals surface area contributed by atoms with Gasteiger partial charge in [-0.1, -0.05) is 41.9 Å². The zero-order valence-corrected chi connectivity index (χ0v) is 19.6. The Balaban J connectivity index is 1.76. The topological polar surface area (TPSA) is 75.7 Å². The molecule has 6 nitrogen and oxygen atoms in total. The number of aryl methyl sites for hydroxylation is 1. The van der Waals surface area contributed by atoms with Crippen molar-refractivity contribution in [3.63, 3.8) is 0 Å². The molecule has 174 valence electrons. The Morgan fingerprint density at radius 3 is 2.42 bits per heavy atom. The number of hydrogen-bond acceptors (Lipinski definition) is 4. The zero-order chi connectivity index (χ0) is 23.8. The largest absolute Gasteiger partial charge is 0.495 e. The van der Waals surface area contributed by atoms with Crippen LogP contribution < -0.4 is 14.4 Å². The Kier molecular flexibility index (Phi) is 8.30. The number of anilines is 1. The van der Waals surface area contributed by atoms with Crippen molar-refractivity contribution >= 4 is 33.2 Å². The van der Waals surface area contributed by atoms with Crippen LogP contribution in [0.4, 0.5) is 10.1 Å². The van der Waals surface area contributed by atoms with E-state index in [4.69, 9.17) is 16.3 Å². The smallest absolute Gasteiger partial charge is 0.264 e. The Bertz CT molecular complexity index is 1190. The van der Waals surface area contributed by atoms with Crippen LogP contribution in [0.25, 0.3) is 0 Å². The summed E-state index contributed by atoms with van der Waals surface area (Å²) in [5.41, 5.74) is 1.11. The third-order valence-electron chi connectivity index (χ3n) is 4.91. The van der Waals surface area contributed by atoms with Crippen molar-refractivity contribution in [2.45, 2.75) is 17.7 Å². The summed E-state index contributed by atoms with van der Waals surface area (Å²) in [4.78, 5) is 12.7. The summed E-state index contributed by atoms with van der Waals surface area (Å²) in [5, 5.41) is 3.05. The Morgan fingerprint density at radius 2 is 1.76 bits per heavy atom. The van der Waals surface area contributed by atoms with E-state index in [0.29, 0.717) is 24.4 Å². The first-order valence-corrected chi connectivity index (χ1v) is 12.1. The van der Waals surface area contributed by atoms with Gasteiger partial charge in [0.15, 0.2) is 0 Å². The summed E-state index contributed by atoms with van der Waals surface area (Å²) in [5.74, 6) is -0.512. The van der Waals surface area contributed by atoms with Crippen LogP contribution in [0.2, 0.25) is 5.02 Å². The molecule has 3 rings (SSSR count). The average Bonchev–Trinajstić information content (AvgIpc) is 2.82. The molecule has 0 aliphatic heterocycles. The molecule has 0 saturated heterocycles. The number of hydrogen-bond donors (Lipinski definition) is 1. The molecule has 0 unspecified atom stereocenters. The normalized spacial score (nSPS) is 11.1. The van der Waals surface area contributed by atoms with Crippen LogP contribution in [0.1, 0.15) is 12.0 Å². The summed E-state index contributed by atoms with van der Waals surface area (Å²) in [6.45, 7) is -0.118. The van der Waals surface area contributed by atoms with E-state index in [1.165, 1.54) is 37.4 Å². The maximum absolute atomic E-state index is 13.4. The lowest BCUT2D eigenvalue weighted by molar-refractivity contribution is -0.119. The van der Waals surface area contributed by atoms with Crippen LogP contribution in [0, 0.1) is 5.82 Å². The Labute approximate surface area is 198 Å². The van der Waals surface area contributed by atoms with Crippen LogP contribution in [-0.2, 0) is 21.2 Å². The fourth-order valence-electron chi connectivity index (χ4n) is 3.24. The second kappa shape index (κ2) is 11.2. The molecule has 0 atom stereocenters. The number of rotatable bonds is 10. The van der Waals surface area contributed by atoms with Gasteiger partial charge in [0.05, 0.1) is 17.7 Å². The van der Waals surface area contributed by atoms with Crippen LogP contribution in [0.5, 0.6) is 5.75 Å². The predicted molar refractivity (Wildman–Crippen MR) is 127 cm³/mol. The van der Waals surface area contributed by atoms with Gasteiger partial charge in [-0.25, -0.2) is 12.8 Å². The van der Waals surface area contributed by atoms with Crippen molar-refractivity contribution in [2.24, 2.45) is 0 Å². The van der Waals surface area contributed by atoms with E-state index < -0.39 is 22.5 Å². The third-order valence-corrected chi connectivity index (χ3v) is 6.91. The Hall–Kier alpha value is -3.10. The van der Waals surface area contributed by atoms with Crippen molar-refractivity contribution in [2.75, 3.05) is 24.5 Å². The number of carbonyl (C=O) groups is 1. The van der Waals surface area contributed by atoms with E-state index in [0.717, 1.165) is 9.87 Å². The Morgan fingerprint density at radius 1 is 1.06 bits per heavy atom. The SMILES string of the molecule is COc1ccc(Cl)cc1N(CC(=O)NCCCc1ccc(F)cc1)S(=O)(=O)c1ccccc1. The molecule has 0 heterocycles. The lowest BCUT2D eigenvalue weighted by Gasteiger charge is -2.25. The first-order chi connectivity index (χ1) is 15.8. The minimum absolute atomic E-state index is 0.0381. The third kappa shape index (κ3) is 6.46. The van der Waals surface area contributed by atoms with E-state index in [9.17, 15) is 17.6 Å². The summed E-state index contributed by atoms with van der Waals surface area (Å²) in [6.07, 6.45) is 1.26. The van der Waals surface area contributed by atoms with Gasteiger partial charge < -0.3 is 10.1 Å². The minimum atomic E-state index is -4.08. The average molecular weight is 491 g/mol. The molecule has 0 aromatic heterocycles. The monoisotopic (exact) mass is 490 g/mol. The molecule has 0 spiro atoms. The maximum Gasteiger partial charge on any atom is 0.264 e. The van der Waals surface area contributed by atoms with Crippen molar-refractivity contribution in [3.05, 3.63) is 89.2 Å². The first kappa shape index (κ1) is 24.5. The molecule has 0 aliphatic rings. The molecule has 0 fully saturated rings.